The Morgan fingerprint density at radius 3 is 1.56 bits per heavy atom. The quantitative estimate of drug-likeness (QED) is 0.312. The normalized spacial score (nSPS) is 27.8. The molecule has 2 fully saturated rings. The zero-order chi connectivity index (χ0) is 28.3. The minimum Gasteiger partial charge on any atom is -0.462 e. The molecule has 0 spiro atoms. The maximum atomic E-state index is 13.0. The molecule has 0 radical (unpaired) electrons. The van der Waals surface area contributed by atoms with Crippen molar-refractivity contribution in [2.45, 2.75) is 88.0 Å². The number of halogens is 12. The molecule has 0 aliphatic heterocycles. The van der Waals surface area contributed by atoms with Crippen LogP contribution in [0.1, 0.15) is 46.0 Å². The molecule has 0 heterocycles. The summed E-state index contributed by atoms with van der Waals surface area (Å²) in [5.41, 5.74) is -10.0. The van der Waals surface area contributed by atoms with E-state index in [-0.39, 0.29) is 19.3 Å². The summed E-state index contributed by atoms with van der Waals surface area (Å²) in [6.07, 6.45) is -29.1. The molecular formula is C20H24F12O4. The number of hydrogen-bond donors (Lipinski definition) is 2. The van der Waals surface area contributed by atoms with E-state index in [0.29, 0.717) is 0 Å². The summed E-state index contributed by atoms with van der Waals surface area (Å²) in [5, 5.41) is 18.7. The van der Waals surface area contributed by atoms with Gasteiger partial charge in [-0.25, -0.2) is 0 Å². The van der Waals surface area contributed by atoms with Gasteiger partial charge in [0.1, 0.15) is 6.10 Å². The van der Waals surface area contributed by atoms with Gasteiger partial charge in [-0.2, -0.15) is 52.7 Å². The standard InChI is InChI=1S/C20H24F12O4/c1-8(6-15(34,17(21,22)23)18(24,25)26)9(2)14(33)36-13-5-10-3-11(13)4-12(10)7-16(35,19(27,28)29)20(30,31)32/h8-13,34-35H,3-7H2,1-2H3. The van der Waals surface area contributed by atoms with Crippen LogP contribution in [0.2, 0.25) is 0 Å². The van der Waals surface area contributed by atoms with Crippen LogP contribution in [0.5, 0.6) is 0 Å². The van der Waals surface area contributed by atoms with Crippen LogP contribution in [0.15, 0.2) is 0 Å². The van der Waals surface area contributed by atoms with E-state index >= 15 is 0 Å². The molecule has 16 heteroatoms. The number of carbonyl (C=O) groups is 1. The molecule has 2 aliphatic carbocycles. The highest BCUT2D eigenvalue weighted by molar-refractivity contribution is 5.72. The Hall–Kier alpha value is -1.45. The second-order valence-electron chi connectivity index (χ2n) is 9.85. The molecule has 6 atom stereocenters. The predicted octanol–water partition coefficient (Wildman–Crippen LogP) is 5.71. The molecule has 0 saturated heterocycles. The molecule has 4 nitrogen and oxygen atoms in total. The van der Waals surface area contributed by atoms with Crippen molar-refractivity contribution in [1.82, 2.24) is 0 Å². The van der Waals surface area contributed by atoms with Crippen molar-refractivity contribution in [2.24, 2.45) is 29.6 Å². The highest BCUT2D eigenvalue weighted by Gasteiger charge is 2.72. The van der Waals surface area contributed by atoms with E-state index in [9.17, 15) is 67.7 Å². The monoisotopic (exact) mass is 556 g/mol. The van der Waals surface area contributed by atoms with Crippen LogP contribution in [0.25, 0.3) is 0 Å². The average molecular weight is 556 g/mol. The lowest BCUT2D eigenvalue weighted by Gasteiger charge is -2.37. The zero-order valence-electron chi connectivity index (χ0n) is 18.7. The fraction of sp³-hybridized carbons (Fsp3) is 0.950. The second kappa shape index (κ2) is 9.38. The van der Waals surface area contributed by atoms with Crippen LogP contribution >= 0.6 is 0 Å². The molecule has 0 aromatic carbocycles. The number of fused-ring (bicyclic) bond motifs is 2. The lowest BCUT2D eigenvalue weighted by atomic mass is 9.78. The van der Waals surface area contributed by atoms with Gasteiger partial charge in [0.15, 0.2) is 0 Å². The van der Waals surface area contributed by atoms with E-state index in [1.54, 1.807) is 0 Å². The van der Waals surface area contributed by atoms with E-state index in [2.05, 4.69) is 0 Å². The van der Waals surface area contributed by atoms with Gasteiger partial charge in [0.2, 0.25) is 0 Å². The summed E-state index contributed by atoms with van der Waals surface area (Å²) < 4.78 is 160. The third-order valence-corrected chi connectivity index (χ3v) is 7.48. The van der Waals surface area contributed by atoms with Gasteiger partial charge >= 0.3 is 30.7 Å². The van der Waals surface area contributed by atoms with E-state index < -0.39 is 90.4 Å². The highest BCUT2D eigenvalue weighted by Crippen LogP contribution is 2.56. The molecule has 2 aliphatic rings. The minimum atomic E-state index is -6.09. The lowest BCUT2D eigenvalue weighted by molar-refractivity contribution is -0.373. The number of ether oxygens (including phenoxy) is 1. The molecule has 0 aromatic heterocycles. The molecule has 36 heavy (non-hydrogen) atoms. The number of alkyl halides is 12. The Kier molecular flexibility index (Phi) is 8.02. The Labute approximate surface area is 197 Å². The smallest absolute Gasteiger partial charge is 0.426 e. The van der Waals surface area contributed by atoms with E-state index in [4.69, 9.17) is 4.74 Å². The summed E-state index contributed by atoms with van der Waals surface area (Å²) in [7, 11) is 0. The van der Waals surface area contributed by atoms with Gasteiger partial charge in [-0.3, -0.25) is 4.79 Å². The van der Waals surface area contributed by atoms with Gasteiger partial charge in [0.05, 0.1) is 5.92 Å². The van der Waals surface area contributed by atoms with Crippen molar-refractivity contribution >= 4 is 5.97 Å². The van der Waals surface area contributed by atoms with Gasteiger partial charge in [-0.1, -0.05) is 13.8 Å². The molecule has 2 bridgehead atoms. The van der Waals surface area contributed by atoms with E-state index in [1.807, 2.05) is 0 Å². The van der Waals surface area contributed by atoms with E-state index in [0.717, 1.165) is 13.8 Å². The maximum Gasteiger partial charge on any atom is 0.426 e. The van der Waals surface area contributed by atoms with Crippen molar-refractivity contribution in [1.29, 1.82) is 0 Å². The minimum absolute atomic E-state index is 0.0697. The second-order valence-corrected chi connectivity index (χ2v) is 9.85. The SMILES string of the molecule is CC(CC(O)(C(F)(F)F)C(F)(F)F)C(C)C(=O)OC1CC2CC1CC2CC(O)(C(F)(F)F)C(F)(F)F. The van der Waals surface area contributed by atoms with Gasteiger partial charge < -0.3 is 14.9 Å². The Bertz CT molecular complexity index is 772. The maximum absolute atomic E-state index is 13.0. The van der Waals surface area contributed by atoms with Crippen LogP contribution in [0.4, 0.5) is 52.7 Å². The molecule has 212 valence electrons. The first-order valence-electron chi connectivity index (χ1n) is 10.8. The first-order chi connectivity index (χ1) is 15.9. The first kappa shape index (κ1) is 30.8. The third-order valence-electron chi connectivity index (χ3n) is 7.48. The molecular weight excluding hydrogens is 532 g/mol. The predicted molar refractivity (Wildman–Crippen MR) is 95.9 cm³/mol. The average Bonchev–Trinajstić information content (AvgIpc) is 3.23. The zero-order valence-corrected chi connectivity index (χ0v) is 18.7. The molecule has 0 aromatic rings. The molecule has 2 N–H and O–H groups in total. The third kappa shape index (κ3) is 5.53. The number of carbonyl (C=O) groups excluding carboxylic acids is 1. The van der Waals surface area contributed by atoms with Gasteiger partial charge in [0, 0.05) is 0 Å². The van der Waals surface area contributed by atoms with Crippen LogP contribution in [0.3, 0.4) is 0 Å². The van der Waals surface area contributed by atoms with Crippen LogP contribution in [-0.4, -0.2) is 58.2 Å². The van der Waals surface area contributed by atoms with Crippen LogP contribution in [0, 0.1) is 29.6 Å². The van der Waals surface area contributed by atoms with Crippen molar-refractivity contribution in [2.75, 3.05) is 0 Å². The Morgan fingerprint density at radius 1 is 0.750 bits per heavy atom. The first-order valence-corrected chi connectivity index (χ1v) is 10.8. The summed E-state index contributed by atoms with van der Waals surface area (Å²) in [6.45, 7) is 1.84. The van der Waals surface area contributed by atoms with E-state index in [1.165, 1.54) is 0 Å². The van der Waals surface area contributed by atoms with Gasteiger partial charge in [0.25, 0.3) is 11.2 Å². The summed E-state index contributed by atoms with van der Waals surface area (Å²) in [6, 6.07) is 0. The lowest BCUT2D eigenvalue weighted by Crippen LogP contribution is -2.58. The van der Waals surface area contributed by atoms with Crippen molar-refractivity contribution in [3.63, 3.8) is 0 Å². The molecule has 0 amide bonds. The Balaban J connectivity index is 2.03. The van der Waals surface area contributed by atoms with Crippen molar-refractivity contribution < 1.29 is 72.4 Å². The van der Waals surface area contributed by atoms with Crippen molar-refractivity contribution in [3.05, 3.63) is 0 Å². The fourth-order valence-electron chi connectivity index (χ4n) is 5.03. The number of esters is 1. The number of hydrogen-bond acceptors (Lipinski definition) is 4. The van der Waals surface area contributed by atoms with Crippen LogP contribution < -0.4 is 0 Å². The summed E-state index contributed by atoms with van der Waals surface area (Å²) in [4.78, 5) is 12.4. The number of aliphatic hydroxyl groups is 2. The fourth-order valence-corrected chi connectivity index (χ4v) is 5.03. The summed E-state index contributed by atoms with van der Waals surface area (Å²) >= 11 is 0. The van der Waals surface area contributed by atoms with Crippen LogP contribution in [-0.2, 0) is 9.53 Å². The summed E-state index contributed by atoms with van der Waals surface area (Å²) in [5.74, 6) is -7.13. The van der Waals surface area contributed by atoms with Gasteiger partial charge in [-0.15, -0.1) is 0 Å². The molecule has 6 unspecified atom stereocenters. The molecule has 2 rings (SSSR count). The van der Waals surface area contributed by atoms with Crippen molar-refractivity contribution in [3.8, 4) is 0 Å². The topological polar surface area (TPSA) is 66.8 Å². The largest absolute Gasteiger partial charge is 0.462 e. The molecule has 2 saturated carbocycles. The Morgan fingerprint density at radius 2 is 1.19 bits per heavy atom. The van der Waals surface area contributed by atoms with Gasteiger partial charge in [-0.05, 0) is 55.8 Å². The highest BCUT2D eigenvalue weighted by atomic mass is 19.4. The number of rotatable bonds is 7.